The third kappa shape index (κ3) is 2.92. The number of aromatic hydroxyl groups is 1. The molecule has 1 unspecified atom stereocenters. The van der Waals surface area contributed by atoms with E-state index in [4.69, 9.17) is 5.73 Å². The monoisotopic (exact) mass is 324 g/mol. The van der Waals surface area contributed by atoms with Crippen molar-refractivity contribution in [3.63, 3.8) is 0 Å². The first-order valence-electron chi connectivity index (χ1n) is 8.13. The molecule has 0 aromatic heterocycles. The van der Waals surface area contributed by atoms with E-state index in [2.05, 4.69) is 0 Å². The third-order valence-electron chi connectivity index (χ3n) is 5.25. The fourth-order valence-corrected chi connectivity index (χ4v) is 3.80. The molecule has 1 aromatic rings. The Morgan fingerprint density at radius 3 is 2.61 bits per heavy atom. The Labute approximate surface area is 134 Å². The Morgan fingerprint density at radius 2 is 2.00 bits per heavy atom. The van der Waals surface area contributed by atoms with Gasteiger partial charge < -0.3 is 15.7 Å². The summed E-state index contributed by atoms with van der Waals surface area (Å²) in [5.41, 5.74) is 6.06. The van der Waals surface area contributed by atoms with Crippen LogP contribution in [0.2, 0.25) is 0 Å². The number of halogens is 2. The lowest BCUT2D eigenvalue weighted by Gasteiger charge is -2.32. The predicted molar refractivity (Wildman–Crippen MR) is 81.9 cm³/mol. The third-order valence-corrected chi connectivity index (χ3v) is 5.25. The standard InChI is InChI=1S/C17H22F2N2O2/c1-9(20)11-4-2-10(3-5-11)7-21-8-12-6-13(18)16(22)15(19)14(12)17(21)23/h6,9-11,22H,2-5,7-8,20H2,1H3/t9?,10-,11-. The number of phenols is 1. The van der Waals surface area contributed by atoms with E-state index in [0.29, 0.717) is 23.9 Å². The zero-order chi connectivity index (χ0) is 16.7. The number of benzene rings is 1. The van der Waals surface area contributed by atoms with Crippen LogP contribution in [0.5, 0.6) is 5.75 Å². The van der Waals surface area contributed by atoms with Gasteiger partial charge in [-0.3, -0.25) is 4.79 Å². The summed E-state index contributed by atoms with van der Waals surface area (Å²) in [4.78, 5) is 13.9. The molecule has 1 aliphatic carbocycles. The normalized spacial score (nSPS) is 25.6. The van der Waals surface area contributed by atoms with Crippen LogP contribution >= 0.6 is 0 Å². The van der Waals surface area contributed by atoms with Gasteiger partial charge in [-0.2, -0.15) is 0 Å². The summed E-state index contributed by atoms with van der Waals surface area (Å²) in [6, 6.07) is 1.24. The maximum atomic E-state index is 14.0. The molecule has 3 rings (SSSR count). The quantitative estimate of drug-likeness (QED) is 0.898. The Bertz CT molecular complexity index is 626. The van der Waals surface area contributed by atoms with Crippen molar-refractivity contribution in [3.05, 3.63) is 28.8 Å². The average Bonchev–Trinajstić information content (AvgIpc) is 2.81. The first-order valence-corrected chi connectivity index (χ1v) is 8.13. The van der Waals surface area contributed by atoms with Crippen LogP contribution in [0.3, 0.4) is 0 Å². The lowest BCUT2D eigenvalue weighted by molar-refractivity contribution is 0.0723. The Morgan fingerprint density at radius 1 is 1.35 bits per heavy atom. The molecule has 4 nitrogen and oxygen atoms in total. The molecule has 1 atom stereocenters. The van der Waals surface area contributed by atoms with E-state index < -0.39 is 23.3 Å². The van der Waals surface area contributed by atoms with Crippen molar-refractivity contribution in [1.29, 1.82) is 0 Å². The van der Waals surface area contributed by atoms with Gasteiger partial charge in [-0.15, -0.1) is 0 Å². The number of amides is 1. The highest BCUT2D eigenvalue weighted by Crippen LogP contribution is 2.35. The Kier molecular flexibility index (Phi) is 4.27. The van der Waals surface area contributed by atoms with E-state index in [-0.39, 0.29) is 18.2 Å². The SMILES string of the molecule is CC(N)[C@H]1CC[C@H](CN2Cc3cc(F)c(O)c(F)c3C2=O)CC1. The molecule has 23 heavy (non-hydrogen) atoms. The van der Waals surface area contributed by atoms with Crippen LogP contribution in [0, 0.1) is 23.5 Å². The van der Waals surface area contributed by atoms with Gasteiger partial charge in [0, 0.05) is 19.1 Å². The number of hydrogen-bond acceptors (Lipinski definition) is 3. The Hall–Kier alpha value is -1.69. The number of carbonyl (C=O) groups excluding carboxylic acids is 1. The van der Waals surface area contributed by atoms with Gasteiger partial charge in [0.25, 0.3) is 5.91 Å². The van der Waals surface area contributed by atoms with Crippen LogP contribution in [0.4, 0.5) is 8.78 Å². The van der Waals surface area contributed by atoms with Gasteiger partial charge in [0.15, 0.2) is 17.4 Å². The molecule has 0 radical (unpaired) electrons. The molecular formula is C17H22F2N2O2. The summed E-state index contributed by atoms with van der Waals surface area (Å²) >= 11 is 0. The van der Waals surface area contributed by atoms with Gasteiger partial charge in [0.05, 0.1) is 5.56 Å². The lowest BCUT2D eigenvalue weighted by atomic mass is 9.79. The van der Waals surface area contributed by atoms with Crippen molar-refractivity contribution in [2.75, 3.05) is 6.54 Å². The average molecular weight is 324 g/mol. The molecular weight excluding hydrogens is 302 g/mol. The second kappa shape index (κ2) is 6.07. The van der Waals surface area contributed by atoms with Crippen molar-refractivity contribution < 1.29 is 18.7 Å². The van der Waals surface area contributed by atoms with Gasteiger partial charge in [0.1, 0.15) is 0 Å². The molecule has 1 aliphatic heterocycles. The lowest BCUT2D eigenvalue weighted by Crippen LogP contribution is -2.35. The maximum absolute atomic E-state index is 14.0. The molecule has 0 bridgehead atoms. The highest BCUT2D eigenvalue weighted by molar-refractivity contribution is 5.99. The van der Waals surface area contributed by atoms with Crippen molar-refractivity contribution in [2.24, 2.45) is 17.6 Å². The molecule has 1 amide bonds. The van der Waals surface area contributed by atoms with Crippen molar-refractivity contribution >= 4 is 5.91 Å². The van der Waals surface area contributed by atoms with E-state index in [1.54, 1.807) is 4.90 Å². The number of nitrogens with two attached hydrogens (primary N) is 1. The summed E-state index contributed by atoms with van der Waals surface area (Å²) in [5.74, 6) is -2.80. The van der Waals surface area contributed by atoms with Crippen LogP contribution in [-0.2, 0) is 6.54 Å². The molecule has 6 heteroatoms. The molecule has 1 aromatic carbocycles. The number of phenolic OH excluding ortho intramolecular Hbond substituents is 1. The van der Waals surface area contributed by atoms with Crippen molar-refractivity contribution in [1.82, 2.24) is 4.90 Å². The minimum absolute atomic E-state index is 0.187. The summed E-state index contributed by atoms with van der Waals surface area (Å²) < 4.78 is 27.4. The predicted octanol–water partition coefficient (Wildman–Crippen LogP) is 2.78. The van der Waals surface area contributed by atoms with Gasteiger partial charge in [-0.05, 0) is 56.1 Å². The van der Waals surface area contributed by atoms with E-state index in [9.17, 15) is 18.7 Å². The highest BCUT2D eigenvalue weighted by Gasteiger charge is 2.35. The van der Waals surface area contributed by atoms with E-state index >= 15 is 0 Å². The first-order chi connectivity index (χ1) is 10.9. The maximum Gasteiger partial charge on any atom is 0.257 e. The summed E-state index contributed by atoms with van der Waals surface area (Å²) in [5, 5.41) is 9.34. The largest absolute Gasteiger partial charge is 0.503 e. The van der Waals surface area contributed by atoms with Gasteiger partial charge in [0.2, 0.25) is 0 Å². The second-order valence-corrected chi connectivity index (χ2v) is 6.88. The molecule has 0 saturated heterocycles. The molecule has 1 saturated carbocycles. The summed E-state index contributed by atoms with van der Waals surface area (Å²) in [6.07, 6.45) is 4.07. The van der Waals surface area contributed by atoms with E-state index in [1.165, 1.54) is 0 Å². The zero-order valence-corrected chi connectivity index (χ0v) is 13.2. The van der Waals surface area contributed by atoms with Gasteiger partial charge >= 0.3 is 0 Å². The first kappa shape index (κ1) is 16.2. The molecule has 3 N–H and O–H groups in total. The van der Waals surface area contributed by atoms with Crippen LogP contribution < -0.4 is 5.73 Å². The van der Waals surface area contributed by atoms with Crippen molar-refractivity contribution in [3.8, 4) is 5.75 Å². The topological polar surface area (TPSA) is 66.6 Å². The zero-order valence-electron chi connectivity index (χ0n) is 13.2. The number of fused-ring (bicyclic) bond motifs is 1. The highest BCUT2D eigenvalue weighted by atomic mass is 19.1. The molecule has 1 heterocycles. The Balaban J connectivity index is 1.68. The fourth-order valence-electron chi connectivity index (χ4n) is 3.80. The minimum Gasteiger partial charge on any atom is -0.503 e. The summed E-state index contributed by atoms with van der Waals surface area (Å²) in [7, 11) is 0. The minimum atomic E-state index is -1.15. The second-order valence-electron chi connectivity index (χ2n) is 6.88. The van der Waals surface area contributed by atoms with E-state index in [0.717, 1.165) is 31.7 Å². The number of rotatable bonds is 3. The van der Waals surface area contributed by atoms with Crippen LogP contribution in [0.25, 0.3) is 0 Å². The molecule has 2 aliphatic rings. The molecule has 126 valence electrons. The van der Waals surface area contributed by atoms with Gasteiger partial charge in [-0.1, -0.05) is 0 Å². The smallest absolute Gasteiger partial charge is 0.257 e. The number of carbonyl (C=O) groups is 1. The molecule has 1 fully saturated rings. The molecule has 0 spiro atoms. The fraction of sp³-hybridized carbons (Fsp3) is 0.588. The number of hydrogen-bond donors (Lipinski definition) is 2. The van der Waals surface area contributed by atoms with E-state index in [1.807, 2.05) is 6.92 Å². The van der Waals surface area contributed by atoms with Crippen LogP contribution in [0.1, 0.15) is 48.5 Å². The van der Waals surface area contributed by atoms with Crippen LogP contribution in [-0.4, -0.2) is 28.5 Å². The number of nitrogens with zero attached hydrogens (tertiary/aromatic N) is 1. The van der Waals surface area contributed by atoms with Crippen LogP contribution in [0.15, 0.2) is 6.07 Å². The summed E-state index contributed by atoms with van der Waals surface area (Å²) in [6.45, 7) is 2.77. The van der Waals surface area contributed by atoms with Crippen molar-refractivity contribution in [2.45, 2.75) is 45.2 Å². The van der Waals surface area contributed by atoms with Gasteiger partial charge in [-0.25, -0.2) is 8.78 Å².